The predicted octanol–water partition coefficient (Wildman–Crippen LogP) is 4.26. The second kappa shape index (κ2) is 9.78. The summed E-state index contributed by atoms with van der Waals surface area (Å²) in [6.45, 7) is 2.23. The van der Waals surface area contributed by atoms with Crippen molar-refractivity contribution in [3.8, 4) is 5.88 Å². The molecule has 0 saturated carbocycles. The zero-order chi connectivity index (χ0) is 23.3. The molecule has 4 heterocycles. The molecular formula is C25H26N6O3. The monoisotopic (exact) mass is 458 g/mol. The van der Waals surface area contributed by atoms with Gasteiger partial charge in [-0.1, -0.05) is 18.2 Å². The summed E-state index contributed by atoms with van der Waals surface area (Å²) < 4.78 is 12.8. The highest BCUT2D eigenvalue weighted by atomic mass is 16.5. The van der Waals surface area contributed by atoms with Crippen molar-refractivity contribution in [3.63, 3.8) is 0 Å². The van der Waals surface area contributed by atoms with Gasteiger partial charge in [-0.3, -0.25) is 5.32 Å². The van der Waals surface area contributed by atoms with E-state index in [1.807, 2.05) is 55.0 Å². The van der Waals surface area contributed by atoms with Gasteiger partial charge in [-0.15, -0.1) is 0 Å². The molecule has 174 valence electrons. The number of nitrogens with one attached hydrogen (secondary N) is 2. The number of nitrogens with zero attached hydrogens (tertiary/aromatic N) is 4. The molecule has 1 aliphatic rings. The van der Waals surface area contributed by atoms with Crippen LogP contribution in [-0.4, -0.2) is 39.3 Å². The maximum atomic E-state index is 11.6. The number of amides is 1. The van der Waals surface area contributed by atoms with E-state index in [0.717, 1.165) is 47.2 Å². The number of carbonyl (C=O) groups excluding carboxylic acids is 1. The molecule has 9 heteroatoms. The Bertz CT molecular complexity index is 1290. The van der Waals surface area contributed by atoms with E-state index in [1.165, 1.54) is 7.11 Å². The van der Waals surface area contributed by atoms with Crippen LogP contribution in [0, 0.1) is 5.92 Å². The number of fused-ring (bicyclic) bond motifs is 2. The lowest BCUT2D eigenvalue weighted by molar-refractivity contribution is 0.187. The minimum Gasteiger partial charge on any atom is -0.477 e. The van der Waals surface area contributed by atoms with E-state index < -0.39 is 6.09 Å². The second-order valence-corrected chi connectivity index (χ2v) is 8.24. The molecule has 0 fully saturated rings. The summed E-state index contributed by atoms with van der Waals surface area (Å²) in [5.41, 5.74) is 1.97. The summed E-state index contributed by atoms with van der Waals surface area (Å²) in [5, 5.41) is 7.87. The van der Waals surface area contributed by atoms with Crippen molar-refractivity contribution in [2.24, 2.45) is 5.92 Å². The fourth-order valence-corrected chi connectivity index (χ4v) is 4.17. The average molecular weight is 459 g/mol. The Morgan fingerprint density at radius 2 is 2.06 bits per heavy atom. The van der Waals surface area contributed by atoms with E-state index in [2.05, 4.69) is 34.9 Å². The van der Waals surface area contributed by atoms with Crippen molar-refractivity contribution in [1.29, 1.82) is 0 Å². The molecule has 9 nitrogen and oxygen atoms in total. The number of aryl methyl sites for hydroxylation is 1. The molecule has 4 aromatic rings. The first-order valence-electron chi connectivity index (χ1n) is 11.2. The van der Waals surface area contributed by atoms with Crippen LogP contribution in [0.15, 0.2) is 61.2 Å². The van der Waals surface area contributed by atoms with Crippen LogP contribution in [0.3, 0.4) is 0 Å². The lowest BCUT2D eigenvalue weighted by Crippen LogP contribution is -2.24. The van der Waals surface area contributed by atoms with Crippen LogP contribution in [0.4, 0.5) is 16.3 Å². The summed E-state index contributed by atoms with van der Waals surface area (Å²) in [6, 6.07) is 11.7. The molecule has 1 atom stereocenters. The van der Waals surface area contributed by atoms with Gasteiger partial charge >= 0.3 is 6.09 Å². The Morgan fingerprint density at radius 1 is 1.12 bits per heavy atom. The third kappa shape index (κ3) is 4.78. The summed E-state index contributed by atoms with van der Waals surface area (Å²) in [7, 11) is 1.32. The molecule has 5 rings (SSSR count). The number of hydrogen-bond donors (Lipinski definition) is 2. The zero-order valence-electron chi connectivity index (χ0n) is 18.9. The Morgan fingerprint density at radius 3 is 2.91 bits per heavy atom. The van der Waals surface area contributed by atoms with Crippen molar-refractivity contribution in [2.75, 3.05) is 24.4 Å². The minimum atomic E-state index is -0.554. The Labute approximate surface area is 197 Å². The number of benzene rings is 1. The van der Waals surface area contributed by atoms with Crippen LogP contribution in [0.1, 0.15) is 17.8 Å². The van der Waals surface area contributed by atoms with Gasteiger partial charge < -0.3 is 19.4 Å². The molecule has 0 spiro atoms. The van der Waals surface area contributed by atoms with Crippen molar-refractivity contribution in [1.82, 2.24) is 19.5 Å². The van der Waals surface area contributed by atoms with E-state index in [9.17, 15) is 4.79 Å². The van der Waals surface area contributed by atoms with Crippen LogP contribution in [-0.2, 0) is 24.2 Å². The number of ether oxygens (including phenoxy) is 2. The number of anilines is 2. The van der Waals surface area contributed by atoms with E-state index in [4.69, 9.17) is 4.74 Å². The van der Waals surface area contributed by atoms with Gasteiger partial charge in [0, 0.05) is 72.7 Å². The molecule has 1 aliphatic heterocycles. The maximum absolute atomic E-state index is 11.6. The first-order chi connectivity index (χ1) is 16.7. The van der Waals surface area contributed by atoms with Crippen LogP contribution in [0.25, 0.3) is 10.8 Å². The lowest BCUT2D eigenvalue weighted by Gasteiger charge is -2.23. The molecule has 1 amide bonds. The normalized spacial score (nSPS) is 14.9. The Balaban J connectivity index is 1.19. The molecule has 34 heavy (non-hydrogen) atoms. The van der Waals surface area contributed by atoms with Crippen LogP contribution in [0.5, 0.6) is 5.88 Å². The first kappa shape index (κ1) is 21.7. The third-order valence-corrected chi connectivity index (χ3v) is 6.01. The smallest absolute Gasteiger partial charge is 0.412 e. The largest absolute Gasteiger partial charge is 0.477 e. The molecule has 0 saturated heterocycles. The lowest BCUT2D eigenvalue weighted by atomic mass is 9.99. The van der Waals surface area contributed by atoms with Crippen LogP contribution in [0.2, 0.25) is 0 Å². The molecular weight excluding hydrogens is 432 g/mol. The van der Waals surface area contributed by atoms with Gasteiger partial charge in [0.05, 0.1) is 13.7 Å². The first-order valence-corrected chi connectivity index (χ1v) is 11.2. The molecule has 0 bridgehead atoms. The standard InChI is InChI=1S/C25H26N6O3/c1-33-25(32)30-24-20-3-2-4-21(19(20)7-9-27-24)28-14-18-5-6-23(29-15-18)34-16-17-8-11-31-12-10-26-22(31)13-17/h2-7,9-10,12,15,17,28H,8,11,13-14,16H2,1H3,(H,27,30,32). The van der Waals surface area contributed by atoms with Crippen LogP contribution < -0.4 is 15.4 Å². The van der Waals surface area contributed by atoms with Crippen LogP contribution >= 0.6 is 0 Å². The number of pyridine rings is 2. The topological polar surface area (TPSA) is 103 Å². The average Bonchev–Trinajstić information content (AvgIpc) is 3.35. The van der Waals surface area contributed by atoms with Gasteiger partial charge in [0.1, 0.15) is 11.6 Å². The third-order valence-electron chi connectivity index (χ3n) is 6.01. The Hall–Kier alpha value is -4.14. The summed E-state index contributed by atoms with van der Waals surface area (Å²) in [4.78, 5) is 24.8. The molecule has 2 N–H and O–H groups in total. The van der Waals surface area contributed by atoms with E-state index in [0.29, 0.717) is 30.8 Å². The highest BCUT2D eigenvalue weighted by Gasteiger charge is 2.19. The van der Waals surface area contributed by atoms with Crippen molar-refractivity contribution in [2.45, 2.75) is 25.9 Å². The number of imidazole rings is 1. The summed E-state index contributed by atoms with van der Waals surface area (Å²) >= 11 is 0. The fraction of sp³-hybridized carbons (Fsp3) is 0.280. The molecule has 0 radical (unpaired) electrons. The molecule has 1 unspecified atom stereocenters. The molecule has 1 aromatic carbocycles. The second-order valence-electron chi connectivity index (χ2n) is 8.24. The quantitative estimate of drug-likeness (QED) is 0.427. The number of hydrogen-bond acceptors (Lipinski definition) is 7. The maximum Gasteiger partial charge on any atom is 0.412 e. The fourth-order valence-electron chi connectivity index (χ4n) is 4.17. The highest BCUT2D eigenvalue weighted by molar-refractivity contribution is 6.03. The van der Waals surface area contributed by atoms with E-state index >= 15 is 0 Å². The SMILES string of the molecule is COC(=O)Nc1nccc2c(NCc3ccc(OCC4CCn5ccnc5C4)nc3)cccc12. The van der Waals surface area contributed by atoms with Crippen molar-refractivity contribution in [3.05, 3.63) is 72.6 Å². The van der Waals surface area contributed by atoms with E-state index in [-0.39, 0.29) is 0 Å². The van der Waals surface area contributed by atoms with Gasteiger partial charge in [-0.05, 0) is 24.1 Å². The number of carbonyl (C=O) groups is 1. The molecule has 3 aromatic heterocycles. The van der Waals surface area contributed by atoms with Crippen molar-refractivity contribution < 1.29 is 14.3 Å². The van der Waals surface area contributed by atoms with E-state index in [1.54, 1.807) is 6.20 Å². The molecule has 0 aliphatic carbocycles. The number of aromatic nitrogens is 4. The zero-order valence-corrected chi connectivity index (χ0v) is 18.9. The number of methoxy groups -OCH3 is 1. The summed E-state index contributed by atoms with van der Waals surface area (Å²) in [6.07, 6.45) is 8.85. The van der Waals surface area contributed by atoms with Crippen molar-refractivity contribution >= 4 is 28.4 Å². The Kier molecular flexibility index (Phi) is 6.24. The van der Waals surface area contributed by atoms with Gasteiger partial charge in [0.25, 0.3) is 0 Å². The van der Waals surface area contributed by atoms with Gasteiger partial charge in [0.15, 0.2) is 0 Å². The number of rotatable bonds is 7. The predicted molar refractivity (Wildman–Crippen MR) is 129 cm³/mol. The van der Waals surface area contributed by atoms with Gasteiger partial charge in [-0.25, -0.2) is 19.7 Å². The van der Waals surface area contributed by atoms with Gasteiger partial charge in [-0.2, -0.15) is 0 Å². The minimum absolute atomic E-state index is 0.456. The van der Waals surface area contributed by atoms with Gasteiger partial charge in [0.2, 0.25) is 5.88 Å². The summed E-state index contributed by atoms with van der Waals surface area (Å²) in [5.74, 6) is 2.68. The highest BCUT2D eigenvalue weighted by Crippen LogP contribution is 2.28.